The van der Waals surface area contributed by atoms with Crippen LogP contribution < -0.4 is 0 Å². The number of hydrogen-bond donors (Lipinski definition) is 0. The van der Waals surface area contributed by atoms with Gasteiger partial charge in [0.1, 0.15) is 0 Å². The molecule has 0 aromatic heterocycles. The van der Waals surface area contributed by atoms with Crippen LogP contribution in [-0.4, -0.2) is 4.70 Å². The van der Waals surface area contributed by atoms with E-state index in [1.54, 1.807) is 0 Å². The summed E-state index contributed by atoms with van der Waals surface area (Å²) in [5, 5.41) is 0. The first kappa shape index (κ1) is 54.2. The zero-order valence-electron chi connectivity index (χ0n) is 38.6. The Morgan fingerprint density at radius 3 is 1.07 bits per heavy atom. The molecule has 2 aromatic rings. The van der Waals surface area contributed by atoms with E-state index in [0.29, 0.717) is 0 Å². The van der Waals surface area contributed by atoms with E-state index >= 15 is 0 Å². The molecule has 0 saturated heterocycles. The Hall–Kier alpha value is -1.82. The second-order valence-corrected chi connectivity index (χ2v) is 16.6. The van der Waals surface area contributed by atoms with E-state index in [-0.39, 0.29) is 20.4 Å². The Bertz CT molecular complexity index is 1350. The molecule has 0 bridgehead atoms. The Morgan fingerprint density at radius 1 is 0.429 bits per heavy atom. The molecule has 0 N–H and O–H groups in total. The van der Waals surface area contributed by atoms with E-state index in [9.17, 15) is 5.53 Å². The summed E-state index contributed by atoms with van der Waals surface area (Å²) in [5.74, 6) is 0. The molecule has 0 spiro atoms. The van der Waals surface area contributed by atoms with Gasteiger partial charge in [0.15, 0.2) is 0 Å². The van der Waals surface area contributed by atoms with Crippen molar-refractivity contribution in [1.29, 1.82) is 0 Å². The van der Waals surface area contributed by atoms with Crippen molar-refractivity contribution in [1.82, 2.24) is 0 Å². The second-order valence-electron chi connectivity index (χ2n) is 16.6. The summed E-state index contributed by atoms with van der Waals surface area (Å²) in [4.78, 5) is 0. The van der Waals surface area contributed by atoms with Gasteiger partial charge in [0.2, 0.25) is 11.4 Å². The molecule has 320 valence electrons. The van der Waals surface area contributed by atoms with Crippen molar-refractivity contribution in [2.24, 2.45) is 0 Å². The molecule has 0 saturated carbocycles. The largest absolute Gasteiger partial charge is 2.00 e. The summed E-state index contributed by atoms with van der Waals surface area (Å²) in [6.07, 6.45) is 32.2. The zero-order valence-corrected chi connectivity index (χ0v) is 40.2. The van der Waals surface area contributed by atoms with Crippen LogP contribution in [0.4, 0.5) is 0 Å². The third-order valence-corrected chi connectivity index (χ3v) is 11.5. The van der Waals surface area contributed by atoms with Gasteiger partial charge < -0.3 is 19.4 Å². The number of allylic oxidation sites excluding steroid dienone is 2. The Balaban J connectivity index is 0.00000118. The minimum absolute atomic E-state index is 0. The number of hydrogen-bond acceptors (Lipinski definition) is 0. The molecule has 0 radical (unpaired) electrons. The number of unbranched alkanes of at least 4 members (excludes halogenated alkanes) is 17. The maximum absolute atomic E-state index is 11.7. The molecule has 0 aliphatic carbocycles. The van der Waals surface area contributed by atoms with E-state index in [0.717, 1.165) is 67.5 Å². The van der Waals surface area contributed by atoms with Crippen molar-refractivity contribution < 1.29 is 25.1 Å². The zero-order chi connectivity index (χ0) is 41.0. The summed E-state index contributed by atoms with van der Waals surface area (Å²) in [5.41, 5.74) is 26.6. The second kappa shape index (κ2) is 33.1. The van der Waals surface area contributed by atoms with Gasteiger partial charge >= 0.3 is 20.4 Å². The molecule has 1 aliphatic heterocycles. The fourth-order valence-electron chi connectivity index (χ4n) is 8.04. The SMILES string of the molecule is CCCCC1=C(c2cc(C)c(CCCC)c(C)c2)[N+](=[N-])C(c2cc(C)c(CCCC)c(C)c2)=C1C.[CH2-]CCCCCCCCC.[CH2-]CCCCCCCCC.[Pd+2]. The van der Waals surface area contributed by atoms with Crippen molar-refractivity contribution in [2.45, 2.75) is 230 Å². The van der Waals surface area contributed by atoms with Crippen LogP contribution in [0.2, 0.25) is 0 Å². The van der Waals surface area contributed by atoms with E-state index in [1.165, 1.54) is 165 Å². The van der Waals surface area contributed by atoms with Crippen molar-refractivity contribution in [2.75, 3.05) is 0 Å². The third kappa shape index (κ3) is 19.3. The quantitative estimate of drug-likeness (QED) is 0.0411. The molecule has 1 aliphatic rings. The van der Waals surface area contributed by atoms with Crippen molar-refractivity contribution in [3.8, 4) is 0 Å². The monoisotopic (exact) mass is 859 g/mol. The first-order chi connectivity index (χ1) is 26.6. The summed E-state index contributed by atoms with van der Waals surface area (Å²) < 4.78 is 1.50. The predicted molar refractivity (Wildman–Crippen MR) is 248 cm³/mol. The van der Waals surface area contributed by atoms with Crippen LogP contribution in [0.1, 0.15) is 234 Å². The van der Waals surface area contributed by atoms with Gasteiger partial charge in [-0.3, -0.25) is 0 Å². The van der Waals surface area contributed by atoms with E-state index < -0.39 is 0 Å². The predicted octanol–water partition coefficient (Wildman–Crippen LogP) is 17.9. The average molecular weight is 860 g/mol. The van der Waals surface area contributed by atoms with Crippen LogP contribution in [0.5, 0.6) is 0 Å². The van der Waals surface area contributed by atoms with Crippen LogP contribution in [0.25, 0.3) is 16.9 Å². The summed E-state index contributed by atoms with van der Waals surface area (Å²) >= 11 is 0. The average Bonchev–Trinajstić information content (AvgIpc) is 3.41. The molecule has 1 heterocycles. The first-order valence-corrected chi connectivity index (χ1v) is 23.3. The maximum atomic E-state index is 11.7. The smallest absolute Gasteiger partial charge is 0.493 e. The number of nitrogens with zero attached hydrogens (tertiary/aromatic N) is 2. The molecule has 3 heteroatoms. The fourth-order valence-corrected chi connectivity index (χ4v) is 8.04. The summed E-state index contributed by atoms with van der Waals surface area (Å²) in [6.45, 7) is 30.0. The standard InChI is InChI=1S/C33H46N2.2C10H21.Pd/c1-9-12-15-29-22(4)18-27(19-23(29)5)32-26(8)31(17-14-11-3)33(35(32)34)28-20-24(6)30(16-13-10-2)25(7)21-28;2*1-3-5-7-9-10-8-6-4-2;/h18-21H,9-17H2,1-8H3;2*1,3-10H2,2H3;/q;2*-1;+2. The molecule has 2 nitrogen and oxygen atoms in total. The van der Waals surface area contributed by atoms with Crippen LogP contribution in [0.15, 0.2) is 35.4 Å². The summed E-state index contributed by atoms with van der Waals surface area (Å²) in [7, 11) is 0. The Morgan fingerprint density at radius 2 is 0.732 bits per heavy atom. The van der Waals surface area contributed by atoms with Crippen LogP contribution in [-0.2, 0) is 33.3 Å². The summed E-state index contributed by atoms with van der Waals surface area (Å²) in [6, 6.07) is 9.15. The molecular formula is C53H88N2Pd. The van der Waals surface area contributed by atoms with Crippen LogP contribution in [0.3, 0.4) is 0 Å². The number of benzene rings is 2. The van der Waals surface area contributed by atoms with Gasteiger partial charge in [0, 0.05) is 22.3 Å². The van der Waals surface area contributed by atoms with Gasteiger partial charge in [0.05, 0.1) is 0 Å². The minimum atomic E-state index is 0. The molecule has 2 aromatic carbocycles. The molecule has 0 atom stereocenters. The Labute approximate surface area is 363 Å². The van der Waals surface area contributed by atoms with Gasteiger partial charge in [-0.2, -0.15) is 12.8 Å². The molecule has 3 rings (SSSR count). The van der Waals surface area contributed by atoms with Gasteiger partial charge in [-0.25, -0.2) is 4.70 Å². The van der Waals surface area contributed by atoms with Gasteiger partial charge in [-0.05, 0) is 131 Å². The number of aryl methyl sites for hydroxylation is 4. The normalized spacial score (nSPS) is 12.4. The van der Waals surface area contributed by atoms with Gasteiger partial charge in [-0.15, -0.1) is 0 Å². The fraction of sp³-hybridized carbons (Fsp3) is 0.660. The number of rotatable bonds is 25. The first-order valence-electron chi connectivity index (χ1n) is 23.3. The molecule has 0 unspecified atom stereocenters. The molecular weight excluding hydrogens is 771 g/mol. The van der Waals surface area contributed by atoms with Crippen molar-refractivity contribution >= 4 is 11.4 Å². The topological polar surface area (TPSA) is 25.3 Å². The van der Waals surface area contributed by atoms with E-state index in [2.05, 4.69) is 107 Å². The molecule has 0 fully saturated rings. The van der Waals surface area contributed by atoms with E-state index in [4.69, 9.17) is 0 Å². The van der Waals surface area contributed by atoms with Gasteiger partial charge in [0.25, 0.3) is 0 Å². The Kier molecular flexibility index (Phi) is 32.0. The van der Waals surface area contributed by atoms with Gasteiger partial charge in [-0.1, -0.05) is 144 Å². The van der Waals surface area contributed by atoms with Crippen molar-refractivity contribution in [3.63, 3.8) is 0 Å². The van der Waals surface area contributed by atoms with Crippen LogP contribution in [0, 0.1) is 41.5 Å². The third-order valence-electron chi connectivity index (χ3n) is 11.5. The van der Waals surface area contributed by atoms with E-state index in [1.807, 2.05) is 0 Å². The minimum Gasteiger partial charge on any atom is -0.493 e. The molecule has 56 heavy (non-hydrogen) atoms. The van der Waals surface area contributed by atoms with Crippen molar-refractivity contribution in [3.05, 3.63) is 99.3 Å². The van der Waals surface area contributed by atoms with Crippen LogP contribution >= 0.6 is 0 Å². The maximum Gasteiger partial charge on any atom is 2.00 e. The molecule has 0 amide bonds.